The van der Waals surface area contributed by atoms with Crippen molar-refractivity contribution in [3.8, 4) is 0 Å². The first-order valence-corrected chi connectivity index (χ1v) is 6.75. The summed E-state index contributed by atoms with van der Waals surface area (Å²) in [4.78, 5) is 11.7. The van der Waals surface area contributed by atoms with Gasteiger partial charge < -0.3 is 0 Å². The molecule has 0 aliphatic carbocycles. The van der Waals surface area contributed by atoms with Crippen LogP contribution in [0.5, 0.6) is 0 Å². The zero-order valence-electron chi connectivity index (χ0n) is 11.2. The molecule has 2 aromatic rings. The van der Waals surface area contributed by atoms with Crippen LogP contribution in [0.3, 0.4) is 0 Å². The summed E-state index contributed by atoms with van der Waals surface area (Å²) >= 11 is 5.78. The first-order valence-electron chi connectivity index (χ1n) is 6.37. The van der Waals surface area contributed by atoms with E-state index in [-0.39, 0.29) is 11.2 Å². The summed E-state index contributed by atoms with van der Waals surface area (Å²) < 4.78 is 0. The van der Waals surface area contributed by atoms with E-state index in [0.717, 1.165) is 16.7 Å². The molecule has 19 heavy (non-hydrogen) atoms. The lowest BCUT2D eigenvalue weighted by molar-refractivity contribution is -0.113. The predicted octanol–water partition coefficient (Wildman–Crippen LogP) is 4.40. The van der Waals surface area contributed by atoms with E-state index in [1.807, 2.05) is 56.3 Å². The van der Waals surface area contributed by atoms with Crippen LogP contribution in [0, 0.1) is 13.8 Å². The van der Waals surface area contributed by atoms with Gasteiger partial charge in [0.2, 0.25) is 5.24 Å². The van der Waals surface area contributed by atoms with Gasteiger partial charge in [0.05, 0.1) is 5.92 Å². The van der Waals surface area contributed by atoms with Gasteiger partial charge in [-0.2, -0.15) is 0 Å². The molecule has 0 bridgehead atoms. The number of carbonyl (C=O) groups is 1. The topological polar surface area (TPSA) is 17.1 Å². The van der Waals surface area contributed by atoms with Gasteiger partial charge in [-0.3, -0.25) is 4.79 Å². The molecule has 2 heteroatoms. The zero-order valence-corrected chi connectivity index (χ0v) is 11.9. The van der Waals surface area contributed by atoms with E-state index >= 15 is 0 Å². The number of benzene rings is 2. The summed E-state index contributed by atoms with van der Waals surface area (Å²) in [5.41, 5.74) is 4.47. The highest BCUT2D eigenvalue weighted by atomic mass is 35.5. The number of aryl methyl sites for hydroxylation is 2. The number of halogens is 1. The molecule has 0 N–H and O–H groups in total. The molecule has 1 unspecified atom stereocenters. The molecule has 1 nitrogen and oxygen atoms in total. The van der Waals surface area contributed by atoms with Crippen LogP contribution >= 0.6 is 11.6 Å². The van der Waals surface area contributed by atoms with Gasteiger partial charge in [0, 0.05) is 0 Å². The maximum atomic E-state index is 11.7. The highest BCUT2D eigenvalue weighted by Gasteiger charge is 2.19. The molecule has 0 aliphatic heterocycles. The molecule has 0 amide bonds. The quantitative estimate of drug-likeness (QED) is 0.754. The molecule has 0 aliphatic rings. The van der Waals surface area contributed by atoms with Gasteiger partial charge in [-0.25, -0.2) is 0 Å². The molecule has 0 saturated carbocycles. The Balaban J connectivity index is 2.29. The first-order chi connectivity index (χ1) is 9.06. The molecule has 2 rings (SSSR count). The minimum Gasteiger partial charge on any atom is -0.281 e. The van der Waals surface area contributed by atoms with Crippen molar-refractivity contribution in [2.75, 3.05) is 0 Å². The standard InChI is InChI=1S/C17H17ClO/c1-12-5-3-7-14(9-12)11-16(17(18)19)15-8-4-6-13(2)10-15/h3-10,16H,11H2,1-2H3. The Morgan fingerprint density at radius 2 is 1.68 bits per heavy atom. The Labute approximate surface area is 119 Å². The zero-order chi connectivity index (χ0) is 13.8. The average Bonchev–Trinajstić information content (AvgIpc) is 2.35. The Morgan fingerprint density at radius 3 is 2.26 bits per heavy atom. The van der Waals surface area contributed by atoms with E-state index in [2.05, 4.69) is 6.07 Å². The second kappa shape index (κ2) is 6.03. The number of hydrogen-bond donors (Lipinski definition) is 0. The lowest BCUT2D eigenvalue weighted by Gasteiger charge is -2.14. The molecule has 0 aromatic heterocycles. The summed E-state index contributed by atoms with van der Waals surface area (Å²) in [5.74, 6) is -0.275. The van der Waals surface area contributed by atoms with E-state index in [1.165, 1.54) is 5.56 Å². The Kier molecular flexibility index (Phi) is 4.39. The SMILES string of the molecule is Cc1cccc(CC(C(=O)Cl)c2cccc(C)c2)c1. The maximum absolute atomic E-state index is 11.7. The minimum absolute atomic E-state index is 0.275. The average molecular weight is 273 g/mol. The third-order valence-corrected chi connectivity index (χ3v) is 3.50. The predicted molar refractivity (Wildman–Crippen MR) is 79.7 cm³/mol. The molecule has 98 valence electrons. The highest BCUT2D eigenvalue weighted by Crippen LogP contribution is 2.24. The van der Waals surface area contributed by atoms with Crippen LogP contribution in [0.4, 0.5) is 0 Å². The van der Waals surface area contributed by atoms with Gasteiger partial charge in [-0.05, 0) is 43.0 Å². The van der Waals surface area contributed by atoms with Crippen LogP contribution in [0.1, 0.15) is 28.2 Å². The van der Waals surface area contributed by atoms with Gasteiger partial charge in [-0.15, -0.1) is 0 Å². The van der Waals surface area contributed by atoms with E-state index in [0.29, 0.717) is 6.42 Å². The van der Waals surface area contributed by atoms with Crippen LogP contribution < -0.4 is 0 Å². The van der Waals surface area contributed by atoms with E-state index in [4.69, 9.17) is 11.6 Å². The van der Waals surface area contributed by atoms with Crippen molar-refractivity contribution in [2.45, 2.75) is 26.2 Å². The van der Waals surface area contributed by atoms with Crippen molar-refractivity contribution in [3.05, 3.63) is 70.8 Å². The Hall–Kier alpha value is -1.60. The number of hydrogen-bond acceptors (Lipinski definition) is 1. The summed E-state index contributed by atoms with van der Waals surface area (Å²) in [6, 6.07) is 16.2. The molecule has 2 aromatic carbocycles. The van der Waals surface area contributed by atoms with Gasteiger partial charge in [0.25, 0.3) is 0 Å². The first kappa shape index (κ1) is 13.8. The van der Waals surface area contributed by atoms with Gasteiger partial charge in [-0.1, -0.05) is 59.7 Å². The molecule has 0 spiro atoms. The molecule has 0 saturated heterocycles. The molecule has 0 radical (unpaired) electrons. The molecule has 0 heterocycles. The smallest absolute Gasteiger partial charge is 0.229 e. The van der Waals surface area contributed by atoms with E-state index in [9.17, 15) is 4.79 Å². The second-order valence-corrected chi connectivity index (χ2v) is 5.34. The highest BCUT2D eigenvalue weighted by molar-refractivity contribution is 6.64. The van der Waals surface area contributed by atoms with Gasteiger partial charge >= 0.3 is 0 Å². The monoisotopic (exact) mass is 272 g/mol. The molecule has 1 atom stereocenters. The Morgan fingerprint density at radius 1 is 1.05 bits per heavy atom. The van der Waals surface area contributed by atoms with Crippen LogP contribution in [-0.2, 0) is 11.2 Å². The fourth-order valence-electron chi connectivity index (χ4n) is 2.29. The van der Waals surface area contributed by atoms with E-state index in [1.54, 1.807) is 0 Å². The summed E-state index contributed by atoms with van der Waals surface area (Å²) in [6.07, 6.45) is 0.646. The summed E-state index contributed by atoms with van der Waals surface area (Å²) in [5, 5.41) is -0.299. The fraction of sp³-hybridized carbons (Fsp3) is 0.235. The van der Waals surface area contributed by atoms with Crippen molar-refractivity contribution in [1.82, 2.24) is 0 Å². The molecular formula is C17H17ClO. The summed E-state index contributed by atoms with van der Waals surface area (Å²) in [7, 11) is 0. The third-order valence-electron chi connectivity index (χ3n) is 3.24. The van der Waals surface area contributed by atoms with E-state index < -0.39 is 0 Å². The lowest BCUT2D eigenvalue weighted by atomic mass is 9.91. The summed E-state index contributed by atoms with van der Waals surface area (Å²) in [6.45, 7) is 4.07. The van der Waals surface area contributed by atoms with Crippen molar-refractivity contribution < 1.29 is 4.79 Å². The van der Waals surface area contributed by atoms with Crippen molar-refractivity contribution in [2.24, 2.45) is 0 Å². The number of carbonyl (C=O) groups excluding carboxylic acids is 1. The fourth-order valence-corrected chi connectivity index (χ4v) is 2.49. The minimum atomic E-state index is -0.299. The Bertz CT molecular complexity index is 589. The second-order valence-electron chi connectivity index (χ2n) is 4.96. The van der Waals surface area contributed by atoms with Gasteiger partial charge in [0.15, 0.2) is 0 Å². The lowest BCUT2D eigenvalue weighted by Crippen LogP contribution is -2.10. The maximum Gasteiger partial charge on any atom is 0.229 e. The van der Waals surface area contributed by atoms with Crippen LogP contribution in [0.15, 0.2) is 48.5 Å². The largest absolute Gasteiger partial charge is 0.281 e. The molecule has 0 fully saturated rings. The van der Waals surface area contributed by atoms with Crippen molar-refractivity contribution >= 4 is 16.8 Å². The normalized spacial score (nSPS) is 12.2. The third kappa shape index (κ3) is 3.68. The van der Waals surface area contributed by atoms with Crippen molar-refractivity contribution in [3.63, 3.8) is 0 Å². The van der Waals surface area contributed by atoms with Crippen molar-refractivity contribution in [1.29, 1.82) is 0 Å². The van der Waals surface area contributed by atoms with Gasteiger partial charge in [0.1, 0.15) is 0 Å². The van der Waals surface area contributed by atoms with Crippen LogP contribution in [0.25, 0.3) is 0 Å². The number of rotatable bonds is 4. The van der Waals surface area contributed by atoms with Crippen LogP contribution in [0.2, 0.25) is 0 Å². The molecular weight excluding hydrogens is 256 g/mol. The van der Waals surface area contributed by atoms with Crippen LogP contribution in [-0.4, -0.2) is 5.24 Å².